The average Bonchev–Trinajstić information content (AvgIpc) is 2.48. The zero-order valence-corrected chi connectivity index (χ0v) is 12.5. The standard InChI is InChI=1S/C16H19N3O2/c1-4-12-7-5-6-8-13(12)9-17-15-14(16(20)21)10(2)11(3)18-19-15/h5-8H,4,9H2,1-3H3,(H,17,19)(H,20,21). The number of rotatable bonds is 5. The molecule has 0 aliphatic rings. The van der Waals surface area contributed by atoms with Gasteiger partial charge in [0.05, 0.1) is 5.69 Å². The topological polar surface area (TPSA) is 75.1 Å². The van der Waals surface area contributed by atoms with Gasteiger partial charge >= 0.3 is 5.97 Å². The van der Waals surface area contributed by atoms with Gasteiger partial charge in [0.25, 0.3) is 0 Å². The van der Waals surface area contributed by atoms with E-state index >= 15 is 0 Å². The first-order chi connectivity index (χ1) is 10.0. The summed E-state index contributed by atoms with van der Waals surface area (Å²) in [7, 11) is 0. The molecule has 0 atom stereocenters. The molecule has 2 rings (SSSR count). The summed E-state index contributed by atoms with van der Waals surface area (Å²) < 4.78 is 0. The fourth-order valence-electron chi connectivity index (χ4n) is 2.25. The fraction of sp³-hybridized carbons (Fsp3) is 0.312. The summed E-state index contributed by atoms with van der Waals surface area (Å²) in [6, 6.07) is 8.07. The minimum absolute atomic E-state index is 0.191. The van der Waals surface area contributed by atoms with Gasteiger partial charge in [0.1, 0.15) is 5.56 Å². The van der Waals surface area contributed by atoms with Crippen molar-refractivity contribution in [1.29, 1.82) is 0 Å². The molecule has 1 heterocycles. The van der Waals surface area contributed by atoms with Crippen LogP contribution in [-0.4, -0.2) is 21.3 Å². The molecular weight excluding hydrogens is 266 g/mol. The Morgan fingerprint density at radius 3 is 2.48 bits per heavy atom. The van der Waals surface area contributed by atoms with Crippen LogP contribution in [0.25, 0.3) is 0 Å². The Morgan fingerprint density at radius 1 is 1.19 bits per heavy atom. The van der Waals surface area contributed by atoms with Crippen LogP contribution in [0.3, 0.4) is 0 Å². The van der Waals surface area contributed by atoms with Crippen molar-refractivity contribution < 1.29 is 9.90 Å². The quantitative estimate of drug-likeness (QED) is 0.883. The van der Waals surface area contributed by atoms with Crippen molar-refractivity contribution >= 4 is 11.8 Å². The van der Waals surface area contributed by atoms with Crippen LogP contribution in [0, 0.1) is 13.8 Å². The first-order valence-corrected chi connectivity index (χ1v) is 6.92. The number of benzene rings is 1. The Labute approximate surface area is 124 Å². The maximum Gasteiger partial charge on any atom is 0.339 e. The van der Waals surface area contributed by atoms with E-state index in [9.17, 15) is 9.90 Å². The number of nitrogens with zero attached hydrogens (tertiary/aromatic N) is 2. The van der Waals surface area contributed by atoms with Gasteiger partial charge in [-0.2, -0.15) is 5.10 Å². The molecule has 0 fully saturated rings. The van der Waals surface area contributed by atoms with Crippen LogP contribution in [0.4, 0.5) is 5.82 Å². The Hall–Kier alpha value is -2.43. The maximum absolute atomic E-state index is 11.4. The fourth-order valence-corrected chi connectivity index (χ4v) is 2.25. The lowest BCUT2D eigenvalue weighted by Gasteiger charge is -2.13. The van der Waals surface area contributed by atoms with E-state index in [2.05, 4.69) is 28.5 Å². The van der Waals surface area contributed by atoms with E-state index in [1.807, 2.05) is 18.2 Å². The molecule has 1 aromatic carbocycles. The van der Waals surface area contributed by atoms with E-state index in [4.69, 9.17) is 0 Å². The van der Waals surface area contributed by atoms with E-state index < -0.39 is 5.97 Å². The molecule has 0 amide bonds. The number of hydrogen-bond donors (Lipinski definition) is 2. The molecule has 21 heavy (non-hydrogen) atoms. The number of aromatic carboxylic acids is 1. The average molecular weight is 285 g/mol. The van der Waals surface area contributed by atoms with Crippen LogP contribution in [0.1, 0.15) is 39.7 Å². The second-order valence-corrected chi connectivity index (χ2v) is 4.91. The lowest BCUT2D eigenvalue weighted by Crippen LogP contribution is -2.13. The Morgan fingerprint density at radius 2 is 1.86 bits per heavy atom. The minimum atomic E-state index is -0.989. The highest BCUT2D eigenvalue weighted by molar-refractivity contribution is 5.94. The van der Waals surface area contributed by atoms with E-state index in [-0.39, 0.29) is 5.56 Å². The predicted octanol–water partition coefficient (Wildman–Crippen LogP) is 2.97. The number of aromatic nitrogens is 2. The zero-order chi connectivity index (χ0) is 15.4. The molecule has 0 radical (unpaired) electrons. The largest absolute Gasteiger partial charge is 0.478 e. The summed E-state index contributed by atoms with van der Waals surface area (Å²) in [5.41, 5.74) is 3.84. The highest BCUT2D eigenvalue weighted by atomic mass is 16.4. The van der Waals surface area contributed by atoms with Gasteiger partial charge in [0.15, 0.2) is 5.82 Å². The molecule has 2 N–H and O–H groups in total. The molecule has 0 aliphatic carbocycles. The number of hydrogen-bond acceptors (Lipinski definition) is 4. The van der Waals surface area contributed by atoms with Crippen molar-refractivity contribution in [3.63, 3.8) is 0 Å². The lowest BCUT2D eigenvalue weighted by atomic mass is 10.1. The van der Waals surface area contributed by atoms with Gasteiger partial charge in [-0.3, -0.25) is 0 Å². The number of carboxylic acid groups (broad SMARTS) is 1. The molecule has 0 saturated carbocycles. The van der Waals surface area contributed by atoms with Crippen molar-refractivity contribution in [1.82, 2.24) is 10.2 Å². The third-order valence-corrected chi connectivity index (χ3v) is 3.61. The van der Waals surface area contributed by atoms with Gasteiger partial charge in [-0.15, -0.1) is 5.10 Å². The SMILES string of the molecule is CCc1ccccc1CNc1nnc(C)c(C)c1C(=O)O. The monoisotopic (exact) mass is 285 g/mol. The molecular formula is C16H19N3O2. The van der Waals surface area contributed by atoms with Gasteiger partial charge in [0.2, 0.25) is 0 Å². The van der Waals surface area contributed by atoms with Crippen molar-refractivity contribution in [3.05, 3.63) is 52.2 Å². The van der Waals surface area contributed by atoms with Crippen molar-refractivity contribution in [2.75, 3.05) is 5.32 Å². The van der Waals surface area contributed by atoms with Gasteiger partial charge < -0.3 is 10.4 Å². The minimum Gasteiger partial charge on any atom is -0.478 e. The van der Waals surface area contributed by atoms with Crippen LogP contribution in [-0.2, 0) is 13.0 Å². The molecule has 0 bridgehead atoms. The van der Waals surface area contributed by atoms with Crippen molar-refractivity contribution in [2.24, 2.45) is 0 Å². The second kappa shape index (κ2) is 6.35. The highest BCUT2D eigenvalue weighted by Crippen LogP contribution is 2.20. The Kier molecular flexibility index (Phi) is 4.52. The van der Waals surface area contributed by atoms with Crippen molar-refractivity contribution in [3.8, 4) is 0 Å². The summed E-state index contributed by atoms with van der Waals surface area (Å²) in [5, 5.41) is 20.5. The van der Waals surface area contributed by atoms with E-state index in [1.54, 1.807) is 13.8 Å². The molecule has 5 heteroatoms. The molecule has 0 saturated heterocycles. The third-order valence-electron chi connectivity index (χ3n) is 3.61. The molecule has 0 spiro atoms. The van der Waals surface area contributed by atoms with E-state index in [1.165, 1.54) is 5.56 Å². The molecule has 2 aromatic rings. The second-order valence-electron chi connectivity index (χ2n) is 4.91. The normalized spacial score (nSPS) is 10.4. The van der Waals surface area contributed by atoms with Crippen LogP contribution < -0.4 is 5.32 Å². The molecule has 1 aromatic heterocycles. The summed E-state index contributed by atoms with van der Waals surface area (Å²) in [6.45, 7) is 6.13. The number of nitrogens with one attached hydrogen (secondary N) is 1. The maximum atomic E-state index is 11.4. The van der Waals surface area contributed by atoms with Crippen LogP contribution in [0.2, 0.25) is 0 Å². The molecule has 5 nitrogen and oxygen atoms in total. The first-order valence-electron chi connectivity index (χ1n) is 6.92. The molecule has 0 aliphatic heterocycles. The summed E-state index contributed by atoms with van der Waals surface area (Å²) in [6.07, 6.45) is 0.933. The number of carbonyl (C=O) groups is 1. The van der Waals surface area contributed by atoms with Gasteiger partial charge in [-0.25, -0.2) is 4.79 Å². The zero-order valence-electron chi connectivity index (χ0n) is 12.5. The van der Waals surface area contributed by atoms with Gasteiger partial charge in [0, 0.05) is 6.54 Å². The van der Waals surface area contributed by atoms with Crippen LogP contribution >= 0.6 is 0 Å². The highest BCUT2D eigenvalue weighted by Gasteiger charge is 2.17. The summed E-state index contributed by atoms with van der Waals surface area (Å²) >= 11 is 0. The molecule has 0 unspecified atom stereocenters. The van der Waals surface area contributed by atoms with E-state index in [0.29, 0.717) is 23.6 Å². The summed E-state index contributed by atoms with van der Waals surface area (Å²) in [5.74, 6) is -0.673. The lowest BCUT2D eigenvalue weighted by molar-refractivity contribution is 0.0696. The number of carboxylic acids is 1. The smallest absolute Gasteiger partial charge is 0.339 e. The van der Waals surface area contributed by atoms with Crippen LogP contribution in [0.5, 0.6) is 0 Å². The number of aryl methyl sites for hydroxylation is 2. The van der Waals surface area contributed by atoms with Crippen molar-refractivity contribution in [2.45, 2.75) is 33.7 Å². The number of anilines is 1. The van der Waals surface area contributed by atoms with Gasteiger partial charge in [-0.1, -0.05) is 31.2 Å². The Bertz CT molecular complexity index is 669. The third kappa shape index (κ3) is 3.18. The van der Waals surface area contributed by atoms with Gasteiger partial charge in [-0.05, 0) is 37.0 Å². The van der Waals surface area contributed by atoms with Crippen LogP contribution in [0.15, 0.2) is 24.3 Å². The predicted molar refractivity (Wildman–Crippen MR) is 81.6 cm³/mol. The first kappa shape index (κ1) is 15.0. The molecule has 110 valence electrons. The van der Waals surface area contributed by atoms with E-state index in [0.717, 1.165) is 12.0 Å². The Balaban J connectivity index is 2.28. The summed E-state index contributed by atoms with van der Waals surface area (Å²) in [4.78, 5) is 11.4.